The van der Waals surface area contributed by atoms with Crippen LogP contribution in [0, 0.1) is 5.92 Å². The van der Waals surface area contributed by atoms with E-state index in [1.54, 1.807) is 7.11 Å². The Labute approximate surface area is 151 Å². The van der Waals surface area contributed by atoms with Crippen molar-refractivity contribution >= 4 is 17.9 Å². The van der Waals surface area contributed by atoms with Gasteiger partial charge in [-0.25, -0.2) is 0 Å². The predicted octanol–water partition coefficient (Wildman–Crippen LogP) is 3.71. The van der Waals surface area contributed by atoms with Gasteiger partial charge in [-0.05, 0) is 64.8 Å². The first kappa shape index (κ1) is 21.2. The number of hydrogen-bond acceptors (Lipinski definition) is 5. The van der Waals surface area contributed by atoms with Crippen molar-refractivity contribution in [3.8, 4) is 0 Å². The smallest absolute Gasteiger partial charge is 0.309 e. The van der Waals surface area contributed by atoms with Crippen LogP contribution in [0.25, 0.3) is 0 Å². The van der Waals surface area contributed by atoms with Crippen molar-refractivity contribution in [2.75, 3.05) is 31.7 Å². The molecule has 1 aromatic carbocycles. The molecule has 0 saturated carbocycles. The number of rotatable bonds is 4. The van der Waals surface area contributed by atoms with Gasteiger partial charge in [-0.15, -0.1) is 0 Å². The number of anilines is 1. The van der Waals surface area contributed by atoms with E-state index in [4.69, 9.17) is 9.47 Å². The third-order valence-electron chi connectivity index (χ3n) is 4.12. The number of carbonyl (C=O) groups is 2. The van der Waals surface area contributed by atoms with Crippen LogP contribution in [-0.4, -0.2) is 44.7 Å². The summed E-state index contributed by atoms with van der Waals surface area (Å²) in [5.41, 5.74) is 1.83. The van der Waals surface area contributed by atoms with Crippen molar-refractivity contribution in [2.45, 2.75) is 46.1 Å². The average molecular weight is 349 g/mol. The largest absolute Gasteiger partial charge is 0.466 e. The molecule has 2 rings (SSSR count). The summed E-state index contributed by atoms with van der Waals surface area (Å²) >= 11 is 0. The molecule has 140 valence electrons. The Kier molecular flexibility index (Phi) is 8.62. The first-order valence-electron chi connectivity index (χ1n) is 8.82. The molecule has 5 heteroatoms. The predicted molar refractivity (Wildman–Crippen MR) is 100 cm³/mol. The number of hydrogen-bond donors (Lipinski definition) is 0. The van der Waals surface area contributed by atoms with Crippen LogP contribution in [0.2, 0.25) is 0 Å². The van der Waals surface area contributed by atoms with Crippen molar-refractivity contribution in [3.05, 3.63) is 29.8 Å². The fraction of sp³-hybridized carbons (Fsp3) is 0.600. The molecule has 0 N–H and O–H groups in total. The van der Waals surface area contributed by atoms with Crippen LogP contribution in [0.15, 0.2) is 24.3 Å². The molecule has 0 radical (unpaired) electrons. The number of aldehydes is 1. The highest BCUT2D eigenvalue weighted by molar-refractivity contribution is 5.76. The minimum Gasteiger partial charge on any atom is -0.466 e. The standard InChI is InChI=1S/C15H19NO3.C5H12O/c1-2-19-15(18)13-7-9-16(10-8-13)14-5-3-12(11-17)4-6-14;1-5(2,3)6-4/h3-6,11,13H,2,7-10H2,1H3;1-4H3. The Morgan fingerprint density at radius 1 is 1.20 bits per heavy atom. The fourth-order valence-electron chi connectivity index (χ4n) is 2.40. The highest BCUT2D eigenvalue weighted by atomic mass is 16.5. The summed E-state index contributed by atoms with van der Waals surface area (Å²) in [4.78, 5) is 24.5. The van der Waals surface area contributed by atoms with E-state index in [0.29, 0.717) is 12.2 Å². The second kappa shape index (κ2) is 10.2. The maximum atomic E-state index is 11.6. The number of benzene rings is 1. The molecule has 0 aliphatic carbocycles. The third kappa shape index (κ3) is 7.69. The number of esters is 1. The molecule has 0 aromatic heterocycles. The van der Waals surface area contributed by atoms with Gasteiger partial charge in [0, 0.05) is 31.5 Å². The summed E-state index contributed by atoms with van der Waals surface area (Å²) in [6, 6.07) is 7.54. The zero-order valence-corrected chi connectivity index (χ0v) is 16.1. The van der Waals surface area contributed by atoms with Gasteiger partial charge in [0.05, 0.1) is 18.1 Å². The van der Waals surface area contributed by atoms with Gasteiger partial charge in [0.15, 0.2) is 0 Å². The van der Waals surface area contributed by atoms with Gasteiger partial charge in [0.2, 0.25) is 0 Å². The van der Waals surface area contributed by atoms with Crippen LogP contribution in [0.3, 0.4) is 0 Å². The zero-order valence-electron chi connectivity index (χ0n) is 16.1. The van der Waals surface area contributed by atoms with Crippen LogP contribution < -0.4 is 4.90 Å². The normalized spacial score (nSPS) is 15.2. The van der Waals surface area contributed by atoms with Crippen LogP contribution in [0.4, 0.5) is 5.69 Å². The maximum Gasteiger partial charge on any atom is 0.309 e. The van der Waals surface area contributed by atoms with Crippen LogP contribution in [-0.2, 0) is 14.3 Å². The van der Waals surface area contributed by atoms with Crippen LogP contribution in [0.1, 0.15) is 50.9 Å². The lowest BCUT2D eigenvalue weighted by molar-refractivity contribution is -0.148. The van der Waals surface area contributed by atoms with E-state index in [2.05, 4.69) is 4.90 Å². The number of methoxy groups -OCH3 is 1. The van der Waals surface area contributed by atoms with Gasteiger partial charge < -0.3 is 14.4 Å². The molecule has 1 aliphatic rings. The van der Waals surface area contributed by atoms with Gasteiger partial charge in [-0.2, -0.15) is 0 Å². The number of nitrogens with zero attached hydrogens (tertiary/aromatic N) is 1. The van der Waals surface area contributed by atoms with E-state index in [-0.39, 0.29) is 17.5 Å². The zero-order chi connectivity index (χ0) is 18.9. The molecule has 1 heterocycles. The summed E-state index contributed by atoms with van der Waals surface area (Å²) in [5.74, 6) is -0.0381. The highest BCUT2D eigenvalue weighted by Gasteiger charge is 2.25. The van der Waals surface area contributed by atoms with Crippen molar-refractivity contribution in [1.29, 1.82) is 0 Å². The summed E-state index contributed by atoms with van der Waals surface area (Å²) < 4.78 is 9.99. The molecule has 0 amide bonds. The average Bonchev–Trinajstić information content (AvgIpc) is 2.62. The summed E-state index contributed by atoms with van der Waals surface area (Å²) in [6.45, 7) is 10.1. The first-order valence-corrected chi connectivity index (χ1v) is 8.82. The van der Waals surface area contributed by atoms with E-state index >= 15 is 0 Å². The van der Waals surface area contributed by atoms with Crippen molar-refractivity contribution < 1.29 is 19.1 Å². The molecule has 25 heavy (non-hydrogen) atoms. The van der Waals surface area contributed by atoms with Gasteiger partial charge >= 0.3 is 5.97 Å². The van der Waals surface area contributed by atoms with Gasteiger partial charge in [0.1, 0.15) is 6.29 Å². The molecule has 0 unspecified atom stereocenters. The SMILES string of the molecule is CCOC(=O)C1CCN(c2ccc(C=O)cc2)CC1.COC(C)(C)C. The number of ether oxygens (including phenoxy) is 2. The van der Waals surface area contributed by atoms with Crippen LogP contribution in [0.5, 0.6) is 0 Å². The van der Waals surface area contributed by atoms with Crippen molar-refractivity contribution in [2.24, 2.45) is 5.92 Å². The van der Waals surface area contributed by atoms with Gasteiger partial charge in [-0.1, -0.05) is 0 Å². The molecule has 1 fully saturated rings. The van der Waals surface area contributed by atoms with E-state index in [1.807, 2.05) is 52.0 Å². The minimum atomic E-state index is -0.0709. The lowest BCUT2D eigenvalue weighted by Crippen LogP contribution is -2.36. The maximum absolute atomic E-state index is 11.6. The Hall–Kier alpha value is -1.88. The summed E-state index contributed by atoms with van der Waals surface area (Å²) in [7, 11) is 1.71. The number of piperidine rings is 1. The summed E-state index contributed by atoms with van der Waals surface area (Å²) in [5, 5.41) is 0. The minimum absolute atomic E-state index is 0.0328. The molecule has 1 saturated heterocycles. The lowest BCUT2D eigenvalue weighted by Gasteiger charge is -2.32. The monoisotopic (exact) mass is 349 g/mol. The molecule has 1 aliphatic heterocycles. The third-order valence-corrected chi connectivity index (χ3v) is 4.12. The van der Waals surface area contributed by atoms with Gasteiger partial charge in [-0.3, -0.25) is 9.59 Å². The lowest BCUT2D eigenvalue weighted by atomic mass is 9.96. The summed E-state index contributed by atoms with van der Waals surface area (Å²) in [6.07, 6.45) is 2.50. The molecule has 0 spiro atoms. The van der Waals surface area contributed by atoms with E-state index in [0.717, 1.165) is 37.9 Å². The molecule has 1 aromatic rings. The molecule has 0 bridgehead atoms. The van der Waals surface area contributed by atoms with Crippen molar-refractivity contribution in [3.63, 3.8) is 0 Å². The number of carbonyl (C=O) groups excluding carboxylic acids is 2. The quantitative estimate of drug-likeness (QED) is 0.613. The molecule has 5 nitrogen and oxygen atoms in total. The fourth-order valence-corrected chi connectivity index (χ4v) is 2.40. The highest BCUT2D eigenvalue weighted by Crippen LogP contribution is 2.24. The van der Waals surface area contributed by atoms with E-state index < -0.39 is 0 Å². The Balaban J connectivity index is 0.000000450. The first-order chi connectivity index (χ1) is 11.8. The molecule has 0 atom stereocenters. The van der Waals surface area contributed by atoms with E-state index in [1.165, 1.54) is 0 Å². The molecular formula is C20H31NO4. The second-order valence-electron chi connectivity index (χ2n) is 7.04. The van der Waals surface area contributed by atoms with Gasteiger partial charge in [0.25, 0.3) is 0 Å². The van der Waals surface area contributed by atoms with Crippen LogP contribution >= 0.6 is 0 Å². The molecular weight excluding hydrogens is 318 g/mol. The Morgan fingerprint density at radius 2 is 1.72 bits per heavy atom. The topological polar surface area (TPSA) is 55.8 Å². The van der Waals surface area contributed by atoms with Crippen molar-refractivity contribution in [1.82, 2.24) is 0 Å². The second-order valence-corrected chi connectivity index (χ2v) is 7.04. The Bertz CT molecular complexity index is 526. The Morgan fingerprint density at radius 3 is 2.12 bits per heavy atom. The van der Waals surface area contributed by atoms with E-state index in [9.17, 15) is 9.59 Å².